The van der Waals surface area contributed by atoms with Gasteiger partial charge in [0.2, 0.25) is 0 Å². The van der Waals surface area contributed by atoms with Crippen LogP contribution in [0.5, 0.6) is 0 Å². The van der Waals surface area contributed by atoms with Gasteiger partial charge in [0.25, 0.3) is 5.91 Å². The number of piperidine rings is 1. The highest BCUT2D eigenvalue weighted by molar-refractivity contribution is 5.92. The SMILES string of the molecule is CC1CCCN(C(=O)c2ccc(N(C)c3ccccc3)nn2)C1. The second-order valence-electron chi connectivity index (χ2n) is 6.17. The van der Waals surface area contributed by atoms with Crippen molar-refractivity contribution in [3.63, 3.8) is 0 Å². The van der Waals surface area contributed by atoms with Gasteiger partial charge < -0.3 is 9.80 Å². The van der Waals surface area contributed by atoms with Gasteiger partial charge in [-0.25, -0.2) is 0 Å². The minimum Gasteiger partial charge on any atom is -0.337 e. The number of amides is 1. The largest absolute Gasteiger partial charge is 0.337 e. The molecule has 0 spiro atoms. The van der Waals surface area contributed by atoms with Crippen LogP contribution in [0.15, 0.2) is 42.5 Å². The van der Waals surface area contributed by atoms with Gasteiger partial charge in [0.1, 0.15) is 0 Å². The van der Waals surface area contributed by atoms with Crippen LogP contribution in [-0.2, 0) is 0 Å². The zero-order chi connectivity index (χ0) is 16.2. The Balaban J connectivity index is 1.73. The second kappa shape index (κ2) is 6.77. The van der Waals surface area contributed by atoms with E-state index in [0.717, 1.165) is 31.0 Å². The van der Waals surface area contributed by atoms with Crippen molar-refractivity contribution in [1.82, 2.24) is 15.1 Å². The van der Waals surface area contributed by atoms with E-state index in [4.69, 9.17) is 0 Å². The van der Waals surface area contributed by atoms with Gasteiger partial charge in [0.05, 0.1) is 0 Å². The van der Waals surface area contributed by atoms with E-state index in [-0.39, 0.29) is 5.91 Å². The lowest BCUT2D eigenvalue weighted by atomic mass is 10.00. The minimum atomic E-state index is -0.0158. The van der Waals surface area contributed by atoms with Crippen LogP contribution in [-0.4, -0.2) is 41.1 Å². The number of anilines is 2. The van der Waals surface area contributed by atoms with E-state index in [9.17, 15) is 4.79 Å². The number of carbonyl (C=O) groups is 1. The van der Waals surface area contributed by atoms with E-state index < -0.39 is 0 Å². The summed E-state index contributed by atoms with van der Waals surface area (Å²) in [6.07, 6.45) is 2.26. The third-order valence-corrected chi connectivity index (χ3v) is 4.30. The van der Waals surface area contributed by atoms with Gasteiger partial charge >= 0.3 is 0 Å². The van der Waals surface area contributed by atoms with E-state index >= 15 is 0 Å². The highest BCUT2D eigenvalue weighted by Gasteiger charge is 2.23. The average molecular weight is 310 g/mol. The third kappa shape index (κ3) is 3.50. The number of hydrogen-bond donors (Lipinski definition) is 0. The first kappa shape index (κ1) is 15.5. The molecule has 0 bridgehead atoms. The summed E-state index contributed by atoms with van der Waals surface area (Å²) >= 11 is 0. The Bertz CT molecular complexity index is 656. The fourth-order valence-electron chi connectivity index (χ4n) is 2.94. The molecular formula is C18H22N4O. The van der Waals surface area contributed by atoms with Gasteiger partial charge in [-0.15, -0.1) is 10.2 Å². The fourth-order valence-corrected chi connectivity index (χ4v) is 2.94. The maximum Gasteiger partial charge on any atom is 0.274 e. The maximum atomic E-state index is 12.5. The molecule has 2 aromatic rings. The normalized spacial score (nSPS) is 17.8. The van der Waals surface area contributed by atoms with Crippen molar-refractivity contribution >= 4 is 17.4 Å². The van der Waals surface area contributed by atoms with Gasteiger partial charge in [0.15, 0.2) is 11.5 Å². The van der Waals surface area contributed by atoms with Crippen molar-refractivity contribution in [3.05, 3.63) is 48.2 Å². The van der Waals surface area contributed by atoms with E-state index in [1.807, 2.05) is 53.2 Å². The molecule has 1 aromatic heterocycles. The first-order valence-electron chi connectivity index (χ1n) is 8.07. The molecular weight excluding hydrogens is 288 g/mol. The molecule has 2 heterocycles. The van der Waals surface area contributed by atoms with Crippen LogP contribution in [0, 0.1) is 5.92 Å². The topological polar surface area (TPSA) is 49.3 Å². The van der Waals surface area contributed by atoms with Crippen LogP contribution in [0.4, 0.5) is 11.5 Å². The number of rotatable bonds is 3. The van der Waals surface area contributed by atoms with Gasteiger partial charge in [-0.1, -0.05) is 25.1 Å². The molecule has 23 heavy (non-hydrogen) atoms. The second-order valence-corrected chi connectivity index (χ2v) is 6.17. The molecule has 5 nitrogen and oxygen atoms in total. The molecule has 0 saturated carbocycles. The quantitative estimate of drug-likeness (QED) is 0.874. The zero-order valence-corrected chi connectivity index (χ0v) is 13.6. The summed E-state index contributed by atoms with van der Waals surface area (Å²) in [7, 11) is 1.94. The van der Waals surface area contributed by atoms with Crippen molar-refractivity contribution in [2.45, 2.75) is 19.8 Å². The Kier molecular flexibility index (Phi) is 4.55. The van der Waals surface area contributed by atoms with E-state index in [1.165, 1.54) is 6.42 Å². The third-order valence-electron chi connectivity index (χ3n) is 4.30. The number of para-hydroxylation sites is 1. The number of benzene rings is 1. The summed E-state index contributed by atoms with van der Waals surface area (Å²) in [6, 6.07) is 13.6. The van der Waals surface area contributed by atoms with Crippen LogP contribution >= 0.6 is 0 Å². The number of nitrogens with zero attached hydrogens (tertiary/aromatic N) is 4. The number of likely N-dealkylation sites (tertiary alicyclic amines) is 1. The lowest BCUT2D eigenvalue weighted by Gasteiger charge is -2.30. The first-order valence-corrected chi connectivity index (χ1v) is 8.07. The smallest absolute Gasteiger partial charge is 0.274 e. The van der Waals surface area contributed by atoms with Crippen molar-refractivity contribution < 1.29 is 4.79 Å². The molecule has 1 aliphatic heterocycles. The van der Waals surface area contributed by atoms with E-state index in [2.05, 4.69) is 17.1 Å². The Morgan fingerprint density at radius 2 is 1.96 bits per heavy atom. The van der Waals surface area contributed by atoms with Crippen molar-refractivity contribution in [1.29, 1.82) is 0 Å². The van der Waals surface area contributed by atoms with Crippen LogP contribution in [0.1, 0.15) is 30.3 Å². The molecule has 1 atom stereocenters. The molecule has 1 saturated heterocycles. The highest BCUT2D eigenvalue weighted by atomic mass is 16.2. The highest BCUT2D eigenvalue weighted by Crippen LogP contribution is 2.21. The zero-order valence-electron chi connectivity index (χ0n) is 13.6. The summed E-state index contributed by atoms with van der Waals surface area (Å²) < 4.78 is 0. The summed E-state index contributed by atoms with van der Waals surface area (Å²) in [5, 5.41) is 8.36. The summed E-state index contributed by atoms with van der Waals surface area (Å²) in [5.74, 6) is 1.27. The Morgan fingerprint density at radius 3 is 2.61 bits per heavy atom. The summed E-state index contributed by atoms with van der Waals surface area (Å²) in [5.41, 5.74) is 1.45. The fraction of sp³-hybridized carbons (Fsp3) is 0.389. The minimum absolute atomic E-state index is 0.0158. The van der Waals surface area contributed by atoms with Crippen LogP contribution in [0.25, 0.3) is 0 Å². The van der Waals surface area contributed by atoms with Crippen molar-refractivity contribution in [2.75, 3.05) is 25.0 Å². The molecule has 0 radical (unpaired) electrons. The Hall–Kier alpha value is -2.43. The molecule has 1 amide bonds. The summed E-state index contributed by atoms with van der Waals surface area (Å²) in [4.78, 5) is 16.3. The van der Waals surface area contributed by atoms with Crippen LogP contribution in [0.3, 0.4) is 0 Å². The lowest BCUT2D eigenvalue weighted by molar-refractivity contribution is 0.0676. The molecule has 0 aliphatic carbocycles. The molecule has 1 aromatic carbocycles. The van der Waals surface area contributed by atoms with Gasteiger partial charge in [0, 0.05) is 25.8 Å². The molecule has 120 valence electrons. The summed E-state index contributed by atoms with van der Waals surface area (Å²) in [6.45, 7) is 3.81. The number of carbonyl (C=O) groups excluding carboxylic acids is 1. The predicted molar refractivity (Wildman–Crippen MR) is 90.8 cm³/mol. The predicted octanol–water partition coefficient (Wildman–Crippen LogP) is 3.12. The van der Waals surface area contributed by atoms with E-state index in [1.54, 1.807) is 6.07 Å². The van der Waals surface area contributed by atoms with Crippen molar-refractivity contribution in [2.24, 2.45) is 5.92 Å². The van der Waals surface area contributed by atoms with Crippen LogP contribution < -0.4 is 4.90 Å². The van der Waals surface area contributed by atoms with Gasteiger partial charge in [-0.3, -0.25) is 4.79 Å². The van der Waals surface area contributed by atoms with Crippen LogP contribution in [0.2, 0.25) is 0 Å². The standard InChI is InChI=1S/C18H22N4O/c1-14-7-6-12-22(13-14)18(23)16-10-11-17(20-19-16)21(2)15-8-4-3-5-9-15/h3-5,8-11,14H,6-7,12-13H2,1-2H3. The average Bonchev–Trinajstić information content (AvgIpc) is 2.61. The molecule has 0 N–H and O–H groups in total. The monoisotopic (exact) mass is 310 g/mol. The molecule has 1 fully saturated rings. The first-order chi connectivity index (χ1) is 11.1. The lowest BCUT2D eigenvalue weighted by Crippen LogP contribution is -2.39. The Labute approximate surface area is 136 Å². The molecule has 5 heteroatoms. The molecule has 1 unspecified atom stereocenters. The van der Waals surface area contributed by atoms with Gasteiger partial charge in [-0.05, 0) is 43.0 Å². The maximum absolute atomic E-state index is 12.5. The number of aromatic nitrogens is 2. The van der Waals surface area contributed by atoms with Crippen molar-refractivity contribution in [3.8, 4) is 0 Å². The molecule has 3 rings (SSSR count). The van der Waals surface area contributed by atoms with E-state index in [0.29, 0.717) is 11.6 Å². The van der Waals surface area contributed by atoms with Gasteiger partial charge in [-0.2, -0.15) is 0 Å². The Morgan fingerprint density at radius 1 is 1.17 bits per heavy atom. The number of hydrogen-bond acceptors (Lipinski definition) is 4. The molecule has 1 aliphatic rings.